The summed E-state index contributed by atoms with van der Waals surface area (Å²) in [5.74, 6) is 1.18. The molecule has 1 amide bonds. The number of carbonyl (C=O) groups excluding carboxylic acids is 1. The minimum atomic E-state index is -0.312. The predicted molar refractivity (Wildman–Crippen MR) is 127 cm³/mol. The second-order valence-electron chi connectivity index (χ2n) is 7.16. The Morgan fingerprint density at radius 3 is 2.50 bits per heavy atom. The third-order valence-electron chi connectivity index (χ3n) is 4.89. The predicted octanol–water partition coefficient (Wildman–Crippen LogP) is 4.56. The fourth-order valence-corrected chi connectivity index (χ4v) is 4.18. The SMILES string of the molecule is CCCOc1ccc(-c2csc3ncn(CC(=O)Nc4ccc(OC)cc4)c(=O)c23)cc1. The number of aromatic nitrogens is 2. The van der Waals surface area contributed by atoms with Crippen molar-refractivity contribution in [2.24, 2.45) is 0 Å². The van der Waals surface area contributed by atoms with Crippen LogP contribution >= 0.6 is 11.3 Å². The van der Waals surface area contributed by atoms with Crippen LogP contribution in [0.4, 0.5) is 5.69 Å². The van der Waals surface area contributed by atoms with E-state index >= 15 is 0 Å². The summed E-state index contributed by atoms with van der Waals surface area (Å²) in [6.45, 7) is 2.59. The first-order chi connectivity index (χ1) is 15.6. The van der Waals surface area contributed by atoms with Crippen LogP contribution in [0, 0.1) is 0 Å². The topological polar surface area (TPSA) is 82.5 Å². The summed E-state index contributed by atoms with van der Waals surface area (Å²) in [7, 11) is 1.58. The molecule has 0 saturated carbocycles. The minimum Gasteiger partial charge on any atom is -0.497 e. The van der Waals surface area contributed by atoms with Crippen molar-refractivity contribution in [1.29, 1.82) is 0 Å². The first-order valence-corrected chi connectivity index (χ1v) is 11.1. The van der Waals surface area contributed by atoms with Gasteiger partial charge in [0.15, 0.2) is 0 Å². The lowest BCUT2D eigenvalue weighted by atomic mass is 10.1. The standard InChI is InChI=1S/C24H23N3O4S/c1-3-12-31-19-8-4-16(5-9-19)20-14-32-23-22(20)24(29)27(15-25-23)13-21(28)26-17-6-10-18(30-2)11-7-17/h4-11,14-15H,3,12-13H2,1-2H3,(H,26,28). The van der Waals surface area contributed by atoms with Crippen molar-refractivity contribution >= 4 is 33.1 Å². The van der Waals surface area contributed by atoms with Gasteiger partial charge in [0.25, 0.3) is 5.56 Å². The van der Waals surface area contributed by atoms with Gasteiger partial charge in [0, 0.05) is 16.6 Å². The molecule has 0 unspecified atom stereocenters. The lowest BCUT2D eigenvalue weighted by Crippen LogP contribution is -2.27. The zero-order chi connectivity index (χ0) is 22.5. The molecule has 1 N–H and O–H groups in total. The van der Waals surface area contributed by atoms with Gasteiger partial charge in [-0.2, -0.15) is 0 Å². The third kappa shape index (κ3) is 4.65. The Morgan fingerprint density at radius 1 is 1.09 bits per heavy atom. The van der Waals surface area contributed by atoms with E-state index in [0.29, 0.717) is 28.3 Å². The molecular formula is C24H23N3O4S. The molecule has 4 aromatic rings. The molecule has 2 aromatic heterocycles. The van der Waals surface area contributed by atoms with Gasteiger partial charge in [0.05, 0.1) is 25.4 Å². The smallest absolute Gasteiger partial charge is 0.263 e. The number of hydrogen-bond donors (Lipinski definition) is 1. The Bertz CT molecular complexity index is 1280. The molecule has 0 aliphatic rings. The molecule has 4 rings (SSSR count). The Hall–Kier alpha value is -3.65. The number of nitrogens with zero attached hydrogens (tertiary/aromatic N) is 2. The summed E-state index contributed by atoms with van der Waals surface area (Å²) in [5.41, 5.74) is 2.08. The van der Waals surface area contributed by atoms with Crippen LogP contribution in [0.25, 0.3) is 21.3 Å². The minimum absolute atomic E-state index is 0.132. The summed E-state index contributed by atoms with van der Waals surface area (Å²) in [6, 6.07) is 14.6. The van der Waals surface area contributed by atoms with Crippen molar-refractivity contribution in [3.63, 3.8) is 0 Å². The summed E-state index contributed by atoms with van der Waals surface area (Å²) in [4.78, 5) is 30.7. The van der Waals surface area contributed by atoms with E-state index in [1.165, 1.54) is 22.2 Å². The van der Waals surface area contributed by atoms with Crippen LogP contribution in [0.2, 0.25) is 0 Å². The number of methoxy groups -OCH3 is 1. The maximum absolute atomic E-state index is 13.2. The maximum atomic E-state index is 13.2. The normalized spacial score (nSPS) is 10.8. The van der Waals surface area contributed by atoms with Gasteiger partial charge in [0.2, 0.25) is 5.91 Å². The van der Waals surface area contributed by atoms with E-state index < -0.39 is 0 Å². The van der Waals surface area contributed by atoms with Gasteiger partial charge in [-0.1, -0.05) is 19.1 Å². The highest BCUT2D eigenvalue weighted by molar-refractivity contribution is 7.17. The first kappa shape index (κ1) is 21.6. The van der Waals surface area contributed by atoms with Crippen LogP contribution in [0.3, 0.4) is 0 Å². The van der Waals surface area contributed by atoms with Crippen LogP contribution in [0.1, 0.15) is 13.3 Å². The van der Waals surface area contributed by atoms with Gasteiger partial charge in [-0.05, 0) is 48.4 Å². The van der Waals surface area contributed by atoms with Crippen molar-refractivity contribution in [3.8, 4) is 22.6 Å². The van der Waals surface area contributed by atoms with Crippen molar-refractivity contribution in [2.75, 3.05) is 19.0 Å². The highest BCUT2D eigenvalue weighted by atomic mass is 32.1. The number of fused-ring (bicyclic) bond motifs is 1. The van der Waals surface area contributed by atoms with Crippen LogP contribution in [0.5, 0.6) is 11.5 Å². The Kier molecular flexibility index (Phi) is 6.51. The molecule has 0 aliphatic heterocycles. The van der Waals surface area contributed by atoms with E-state index in [0.717, 1.165) is 23.3 Å². The monoisotopic (exact) mass is 449 g/mol. The fourth-order valence-electron chi connectivity index (χ4n) is 3.27. The number of ether oxygens (including phenoxy) is 2. The molecule has 0 bridgehead atoms. The fraction of sp³-hybridized carbons (Fsp3) is 0.208. The lowest BCUT2D eigenvalue weighted by Gasteiger charge is -2.09. The van der Waals surface area contributed by atoms with Crippen molar-refractivity contribution < 1.29 is 14.3 Å². The number of hydrogen-bond acceptors (Lipinski definition) is 6. The van der Waals surface area contributed by atoms with Gasteiger partial charge in [0.1, 0.15) is 22.9 Å². The van der Waals surface area contributed by atoms with Gasteiger partial charge in [-0.3, -0.25) is 14.2 Å². The van der Waals surface area contributed by atoms with E-state index in [-0.39, 0.29) is 18.0 Å². The highest BCUT2D eigenvalue weighted by Gasteiger charge is 2.15. The van der Waals surface area contributed by atoms with Crippen LogP contribution < -0.4 is 20.3 Å². The first-order valence-electron chi connectivity index (χ1n) is 10.2. The van der Waals surface area contributed by atoms with Crippen molar-refractivity contribution in [1.82, 2.24) is 9.55 Å². The molecular weight excluding hydrogens is 426 g/mol. The maximum Gasteiger partial charge on any atom is 0.263 e. The second-order valence-corrected chi connectivity index (χ2v) is 8.01. The largest absolute Gasteiger partial charge is 0.497 e. The third-order valence-corrected chi connectivity index (χ3v) is 5.77. The molecule has 2 aromatic carbocycles. The molecule has 2 heterocycles. The number of nitrogens with one attached hydrogen (secondary N) is 1. The Morgan fingerprint density at radius 2 is 1.81 bits per heavy atom. The number of amides is 1. The summed E-state index contributed by atoms with van der Waals surface area (Å²) in [6.07, 6.45) is 2.36. The van der Waals surface area contributed by atoms with Gasteiger partial charge >= 0.3 is 0 Å². The molecule has 0 saturated heterocycles. The molecule has 32 heavy (non-hydrogen) atoms. The number of benzene rings is 2. The van der Waals surface area contributed by atoms with Crippen molar-refractivity contribution in [3.05, 3.63) is 70.6 Å². The van der Waals surface area contributed by atoms with Gasteiger partial charge < -0.3 is 14.8 Å². The molecule has 0 aliphatic carbocycles. The number of rotatable bonds is 8. The zero-order valence-electron chi connectivity index (χ0n) is 17.8. The molecule has 0 spiro atoms. The van der Waals surface area contributed by atoms with Gasteiger partial charge in [-0.15, -0.1) is 11.3 Å². The number of carbonyl (C=O) groups is 1. The Balaban J connectivity index is 1.56. The van der Waals surface area contributed by atoms with E-state index in [2.05, 4.69) is 17.2 Å². The summed E-state index contributed by atoms with van der Waals surface area (Å²) < 4.78 is 12.1. The van der Waals surface area contributed by atoms with Crippen LogP contribution in [-0.2, 0) is 11.3 Å². The molecule has 0 radical (unpaired) electrons. The summed E-state index contributed by atoms with van der Waals surface area (Å²) >= 11 is 1.41. The van der Waals surface area contributed by atoms with E-state index in [4.69, 9.17) is 9.47 Å². The zero-order valence-corrected chi connectivity index (χ0v) is 18.6. The average Bonchev–Trinajstić information content (AvgIpc) is 3.25. The highest BCUT2D eigenvalue weighted by Crippen LogP contribution is 2.31. The second kappa shape index (κ2) is 9.65. The lowest BCUT2D eigenvalue weighted by molar-refractivity contribution is -0.116. The van der Waals surface area contributed by atoms with Crippen molar-refractivity contribution in [2.45, 2.75) is 19.9 Å². The van der Waals surface area contributed by atoms with E-state index in [1.807, 2.05) is 29.6 Å². The molecule has 0 atom stereocenters. The molecule has 0 fully saturated rings. The number of anilines is 1. The van der Waals surface area contributed by atoms with Gasteiger partial charge in [-0.25, -0.2) is 4.98 Å². The molecule has 8 heteroatoms. The number of thiophene rings is 1. The summed E-state index contributed by atoms with van der Waals surface area (Å²) in [5, 5.41) is 5.22. The van der Waals surface area contributed by atoms with E-state index in [9.17, 15) is 9.59 Å². The average molecular weight is 450 g/mol. The molecule has 164 valence electrons. The molecule has 7 nitrogen and oxygen atoms in total. The van der Waals surface area contributed by atoms with E-state index in [1.54, 1.807) is 31.4 Å². The van der Waals surface area contributed by atoms with Crippen LogP contribution in [0.15, 0.2) is 65.0 Å². The van der Waals surface area contributed by atoms with Crippen LogP contribution in [-0.4, -0.2) is 29.2 Å². The quantitative estimate of drug-likeness (QED) is 0.426. The Labute approximate surface area is 189 Å².